The van der Waals surface area contributed by atoms with Crippen LogP contribution >= 0.6 is 0 Å². The molecule has 1 rings (SSSR count). The summed E-state index contributed by atoms with van der Waals surface area (Å²) in [5.74, 6) is 0. The van der Waals surface area contributed by atoms with Crippen molar-refractivity contribution in [3.63, 3.8) is 0 Å². The van der Waals surface area contributed by atoms with E-state index in [-0.39, 0.29) is 0 Å². The number of nitrogens with one attached hydrogen (secondary N) is 1. The van der Waals surface area contributed by atoms with Crippen LogP contribution in [0.3, 0.4) is 0 Å². The Morgan fingerprint density at radius 3 is 0.911 bits per heavy atom. The van der Waals surface area contributed by atoms with E-state index in [4.69, 9.17) is 0 Å². The minimum absolute atomic E-state index is 1.26. The average Bonchev–Trinajstić information content (AvgIpc) is 3.06. The van der Waals surface area contributed by atoms with E-state index in [1.165, 1.54) is 236 Å². The van der Waals surface area contributed by atoms with Gasteiger partial charge in [-0.3, -0.25) is 0 Å². The summed E-state index contributed by atoms with van der Waals surface area (Å²) < 4.78 is 0. The molecule has 0 aliphatic carbocycles. The fourth-order valence-electron chi connectivity index (χ4n) is 7.09. The van der Waals surface area contributed by atoms with Crippen LogP contribution in [0.4, 0.5) is 5.69 Å². The maximum Gasteiger partial charge on any atom is 0.130 e. The van der Waals surface area contributed by atoms with Gasteiger partial charge in [0.05, 0.1) is 13.6 Å². The van der Waals surface area contributed by atoms with E-state index in [1.807, 2.05) is 0 Å². The number of hydrogen-bond acceptors (Lipinski definition) is 0. The zero-order valence-corrected chi connectivity index (χ0v) is 31.6. The Labute approximate surface area is 285 Å². The highest BCUT2D eigenvalue weighted by Crippen LogP contribution is 2.16. The van der Waals surface area contributed by atoms with Crippen LogP contribution in [0, 0.1) is 0 Å². The third-order valence-electron chi connectivity index (χ3n) is 10.4. The molecule has 1 nitrogen and oxygen atoms in total. The van der Waals surface area contributed by atoms with Crippen molar-refractivity contribution >= 4 is 5.69 Å². The third kappa shape index (κ3) is 29.1. The SMILES string of the molecule is CCCCCCCCCCCCCCCCCCCc1ccc([NH+](C)CCCCCCCCCCCCCCCCCC)cc1. The second-order valence-electron chi connectivity index (χ2n) is 14.9. The summed E-state index contributed by atoms with van der Waals surface area (Å²) in [6.07, 6.45) is 49.1. The molecule has 1 aromatic rings. The maximum absolute atomic E-state index is 2.40. The molecule has 0 saturated heterocycles. The number of rotatable bonds is 36. The number of aryl methyl sites for hydroxylation is 1. The van der Waals surface area contributed by atoms with E-state index in [2.05, 4.69) is 45.2 Å². The van der Waals surface area contributed by atoms with Gasteiger partial charge in [0.2, 0.25) is 0 Å². The van der Waals surface area contributed by atoms with Gasteiger partial charge >= 0.3 is 0 Å². The largest absolute Gasteiger partial charge is 0.305 e. The standard InChI is InChI=1S/C44H83N/c1-4-6-8-10-12-14-16-18-20-22-23-25-27-29-31-33-35-37-43-38-40-44(41-39-43)45(3)42-36-34-32-30-28-26-24-21-19-17-15-13-11-9-7-5-2/h38-41H,4-37,42H2,1-3H3/p+1. The van der Waals surface area contributed by atoms with E-state index in [1.54, 1.807) is 4.90 Å². The molecule has 0 aliphatic rings. The predicted octanol–water partition coefficient (Wildman–Crippen LogP) is 14.3. The molecule has 0 spiro atoms. The first-order valence-corrected chi connectivity index (χ1v) is 21.2. The Bertz CT molecular complexity index is 679. The second kappa shape index (κ2) is 34.5. The second-order valence-corrected chi connectivity index (χ2v) is 14.9. The molecular weight excluding hydrogens is 542 g/mol. The van der Waals surface area contributed by atoms with Gasteiger partial charge in [-0.1, -0.05) is 219 Å². The zero-order chi connectivity index (χ0) is 32.3. The lowest BCUT2D eigenvalue weighted by Gasteiger charge is -2.14. The van der Waals surface area contributed by atoms with Crippen molar-refractivity contribution < 1.29 is 4.90 Å². The van der Waals surface area contributed by atoms with Crippen LogP contribution in [0.2, 0.25) is 0 Å². The molecule has 0 fully saturated rings. The summed E-state index contributed by atoms with van der Waals surface area (Å²) in [7, 11) is 2.36. The molecule has 0 saturated carbocycles. The summed E-state index contributed by atoms with van der Waals surface area (Å²) >= 11 is 0. The number of benzene rings is 1. The van der Waals surface area contributed by atoms with E-state index in [9.17, 15) is 0 Å². The van der Waals surface area contributed by atoms with Crippen molar-refractivity contribution in [2.75, 3.05) is 13.6 Å². The van der Waals surface area contributed by atoms with Crippen LogP contribution in [0.15, 0.2) is 24.3 Å². The monoisotopic (exact) mass is 627 g/mol. The molecule has 0 bridgehead atoms. The highest BCUT2D eigenvalue weighted by Gasteiger charge is 2.06. The summed E-state index contributed by atoms with van der Waals surface area (Å²) in [5.41, 5.74) is 3.01. The first-order valence-electron chi connectivity index (χ1n) is 21.2. The van der Waals surface area contributed by atoms with Crippen molar-refractivity contribution in [1.82, 2.24) is 0 Å². The van der Waals surface area contributed by atoms with E-state index in [0.717, 1.165) is 0 Å². The molecule has 0 heterocycles. The Morgan fingerprint density at radius 2 is 0.600 bits per heavy atom. The van der Waals surface area contributed by atoms with E-state index >= 15 is 0 Å². The van der Waals surface area contributed by atoms with Crippen molar-refractivity contribution in [1.29, 1.82) is 0 Å². The highest BCUT2D eigenvalue weighted by molar-refractivity contribution is 5.32. The Morgan fingerprint density at radius 1 is 0.333 bits per heavy atom. The molecule has 1 unspecified atom stereocenters. The molecule has 1 aromatic carbocycles. The third-order valence-corrected chi connectivity index (χ3v) is 10.4. The smallest absolute Gasteiger partial charge is 0.130 e. The molecule has 0 radical (unpaired) electrons. The van der Waals surface area contributed by atoms with Crippen LogP contribution in [0.1, 0.15) is 231 Å². The van der Waals surface area contributed by atoms with Crippen LogP contribution in [0.25, 0.3) is 0 Å². The number of quaternary nitrogens is 1. The molecule has 0 aliphatic heterocycles. The molecule has 1 N–H and O–H groups in total. The van der Waals surface area contributed by atoms with Crippen molar-refractivity contribution in [2.24, 2.45) is 0 Å². The van der Waals surface area contributed by atoms with Gasteiger partial charge in [0.15, 0.2) is 0 Å². The predicted molar refractivity (Wildman–Crippen MR) is 205 cm³/mol. The fraction of sp³-hybridized carbons (Fsp3) is 0.864. The van der Waals surface area contributed by atoms with E-state index < -0.39 is 0 Å². The molecule has 1 atom stereocenters. The van der Waals surface area contributed by atoms with Gasteiger partial charge < -0.3 is 4.90 Å². The van der Waals surface area contributed by atoms with Gasteiger partial charge in [0.25, 0.3) is 0 Å². The molecule has 0 amide bonds. The Hall–Kier alpha value is -0.820. The quantitative estimate of drug-likeness (QED) is 0.0707. The maximum atomic E-state index is 2.40. The minimum atomic E-state index is 1.26. The van der Waals surface area contributed by atoms with Crippen LogP contribution in [-0.2, 0) is 6.42 Å². The zero-order valence-electron chi connectivity index (χ0n) is 31.6. The van der Waals surface area contributed by atoms with Crippen molar-refractivity contribution in [2.45, 2.75) is 232 Å². The van der Waals surface area contributed by atoms with Crippen molar-refractivity contribution in [3.8, 4) is 0 Å². The first kappa shape index (κ1) is 42.2. The lowest BCUT2D eigenvalue weighted by atomic mass is 10.0. The van der Waals surface area contributed by atoms with Gasteiger partial charge in [0, 0.05) is 0 Å². The Balaban J connectivity index is 1.86. The summed E-state index contributed by atoms with van der Waals surface area (Å²) in [5, 5.41) is 0. The minimum Gasteiger partial charge on any atom is -0.305 e. The van der Waals surface area contributed by atoms with Crippen molar-refractivity contribution in [3.05, 3.63) is 29.8 Å². The molecule has 45 heavy (non-hydrogen) atoms. The Kier molecular flexibility index (Phi) is 32.4. The number of hydrogen-bond donors (Lipinski definition) is 1. The topological polar surface area (TPSA) is 4.44 Å². The lowest BCUT2D eigenvalue weighted by Crippen LogP contribution is -3.03. The highest BCUT2D eigenvalue weighted by atomic mass is 15.1. The molecule has 264 valence electrons. The fourth-order valence-corrected chi connectivity index (χ4v) is 7.09. The number of unbranched alkanes of at least 4 members (excludes halogenated alkanes) is 31. The molecule has 1 heteroatoms. The van der Waals surface area contributed by atoms with Crippen LogP contribution in [0.5, 0.6) is 0 Å². The van der Waals surface area contributed by atoms with Gasteiger partial charge in [-0.05, 0) is 43.4 Å². The normalized spacial score (nSPS) is 12.2. The molecule has 0 aromatic heterocycles. The first-order chi connectivity index (χ1) is 22.3. The van der Waals surface area contributed by atoms with Gasteiger partial charge in [0.1, 0.15) is 5.69 Å². The van der Waals surface area contributed by atoms with Crippen LogP contribution in [-0.4, -0.2) is 13.6 Å². The van der Waals surface area contributed by atoms with Gasteiger partial charge in [-0.2, -0.15) is 0 Å². The summed E-state index contributed by atoms with van der Waals surface area (Å²) in [6, 6.07) is 9.59. The van der Waals surface area contributed by atoms with E-state index in [0.29, 0.717) is 0 Å². The molecular formula is C44H84N+. The summed E-state index contributed by atoms with van der Waals surface area (Å²) in [6.45, 7) is 5.89. The van der Waals surface area contributed by atoms with Crippen LogP contribution < -0.4 is 4.90 Å². The van der Waals surface area contributed by atoms with Gasteiger partial charge in [-0.25, -0.2) is 0 Å². The lowest BCUT2D eigenvalue weighted by molar-refractivity contribution is -0.810. The average molecular weight is 627 g/mol. The van der Waals surface area contributed by atoms with Gasteiger partial charge in [-0.15, -0.1) is 0 Å². The summed E-state index contributed by atoms with van der Waals surface area (Å²) in [4.78, 5) is 1.59.